The average Bonchev–Trinajstić information content (AvgIpc) is 3.53. The van der Waals surface area contributed by atoms with Gasteiger partial charge in [-0.3, -0.25) is 4.68 Å². The van der Waals surface area contributed by atoms with Crippen LogP contribution in [0.2, 0.25) is 0 Å². The predicted molar refractivity (Wildman–Crippen MR) is 185 cm³/mol. The van der Waals surface area contributed by atoms with Crippen LogP contribution in [0.5, 0.6) is 17.2 Å². The largest absolute Gasteiger partial charge is 2.00 e. The van der Waals surface area contributed by atoms with Crippen LogP contribution in [0.4, 0.5) is 0 Å². The fourth-order valence-electron chi connectivity index (χ4n) is 6.33. The van der Waals surface area contributed by atoms with Gasteiger partial charge in [-0.15, -0.1) is 35.7 Å². The second kappa shape index (κ2) is 13.2. The molecule has 0 fully saturated rings. The zero-order chi connectivity index (χ0) is 31.9. The van der Waals surface area contributed by atoms with Gasteiger partial charge < -0.3 is 14.0 Å². The van der Waals surface area contributed by atoms with E-state index in [1.165, 1.54) is 5.56 Å². The molecule has 0 aliphatic rings. The number of ether oxygens (including phenoxy) is 2. The number of methoxy groups -OCH3 is 1. The molecule has 3 aromatic heterocycles. The molecule has 0 unspecified atom stereocenters. The molecule has 7 heteroatoms. The molecule has 6 nitrogen and oxygen atoms in total. The summed E-state index contributed by atoms with van der Waals surface area (Å²) in [5.74, 6) is 3.31. The summed E-state index contributed by atoms with van der Waals surface area (Å²) in [6.45, 7) is 10.7. The Labute approximate surface area is 290 Å². The van der Waals surface area contributed by atoms with Gasteiger partial charge in [-0.1, -0.05) is 49.7 Å². The number of benzene rings is 4. The van der Waals surface area contributed by atoms with Crippen molar-refractivity contribution in [2.75, 3.05) is 7.11 Å². The molecule has 0 saturated carbocycles. The summed E-state index contributed by atoms with van der Waals surface area (Å²) in [5.41, 5.74) is 9.37. The number of hydrogen-bond acceptors (Lipinski definition) is 4. The van der Waals surface area contributed by atoms with Crippen molar-refractivity contribution in [1.29, 1.82) is 0 Å². The maximum Gasteiger partial charge on any atom is 2.00 e. The molecule has 4 aromatic carbocycles. The third-order valence-corrected chi connectivity index (χ3v) is 8.32. The Morgan fingerprint density at radius 2 is 1.64 bits per heavy atom. The van der Waals surface area contributed by atoms with Crippen LogP contribution in [0, 0.1) is 38.8 Å². The molecule has 0 aliphatic carbocycles. The van der Waals surface area contributed by atoms with Gasteiger partial charge in [-0.2, -0.15) is 16.7 Å². The van der Waals surface area contributed by atoms with Crippen molar-refractivity contribution < 1.29 is 30.5 Å². The average molecular weight is 800 g/mol. The van der Waals surface area contributed by atoms with Gasteiger partial charge in [-0.05, 0) is 85.6 Å². The van der Waals surface area contributed by atoms with E-state index < -0.39 is 0 Å². The van der Waals surface area contributed by atoms with Gasteiger partial charge in [0, 0.05) is 34.5 Å². The van der Waals surface area contributed by atoms with Crippen molar-refractivity contribution in [3.05, 3.63) is 126 Å². The van der Waals surface area contributed by atoms with Crippen molar-refractivity contribution in [2.45, 2.75) is 41.0 Å². The standard InChI is InChI=1S/C40H36N4O2.Pt/c1-25(2)18-29-20-31(44-28(5)40(27(4)42-44)30-10-8-7-9-11-30)22-34(21-29)46-33-12-14-35-36-23-32(45-6)13-15-37(36)43(38(35)24-33)39-19-26(3)16-17-41-39;/h7-17,19-21,23,25H,18H2,1-6H3;/q-2;+2. The van der Waals surface area contributed by atoms with Gasteiger partial charge in [0.25, 0.3) is 0 Å². The summed E-state index contributed by atoms with van der Waals surface area (Å²) >= 11 is 0. The molecule has 0 bridgehead atoms. The molecule has 47 heavy (non-hydrogen) atoms. The van der Waals surface area contributed by atoms with Crippen LogP contribution >= 0.6 is 0 Å². The van der Waals surface area contributed by atoms with Crippen molar-refractivity contribution in [3.63, 3.8) is 0 Å². The van der Waals surface area contributed by atoms with Crippen LogP contribution in [0.15, 0.2) is 91.1 Å². The van der Waals surface area contributed by atoms with E-state index in [1.54, 1.807) is 7.11 Å². The van der Waals surface area contributed by atoms with Crippen LogP contribution < -0.4 is 9.47 Å². The van der Waals surface area contributed by atoms with Crippen molar-refractivity contribution in [2.24, 2.45) is 5.92 Å². The number of aromatic nitrogens is 4. The van der Waals surface area contributed by atoms with Crippen LogP contribution in [-0.4, -0.2) is 26.4 Å². The van der Waals surface area contributed by atoms with Crippen LogP contribution in [0.3, 0.4) is 0 Å². The van der Waals surface area contributed by atoms with Gasteiger partial charge in [-0.25, -0.2) is 4.98 Å². The van der Waals surface area contributed by atoms with E-state index in [0.29, 0.717) is 17.4 Å². The Bertz CT molecular complexity index is 2220. The minimum Gasteiger partial charge on any atom is -0.509 e. The second-order valence-corrected chi connectivity index (χ2v) is 12.3. The van der Waals surface area contributed by atoms with E-state index in [2.05, 4.69) is 112 Å². The second-order valence-electron chi connectivity index (χ2n) is 12.3. The topological polar surface area (TPSA) is 54.1 Å². The van der Waals surface area contributed by atoms with Crippen molar-refractivity contribution in [1.82, 2.24) is 19.3 Å². The Balaban J connectivity index is 0.00000386. The minimum atomic E-state index is 0. The van der Waals surface area contributed by atoms with E-state index in [9.17, 15) is 0 Å². The van der Waals surface area contributed by atoms with Crippen LogP contribution in [0.1, 0.15) is 36.4 Å². The van der Waals surface area contributed by atoms with Crippen LogP contribution in [-0.2, 0) is 27.5 Å². The molecule has 7 aromatic rings. The molecular formula is C40H36N4O2Pt. The van der Waals surface area contributed by atoms with Crippen molar-refractivity contribution in [3.8, 4) is 39.9 Å². The molecule has 0 radical (unpaired) electrons. The first-order valence-electron chi connectivity index (χ1n) is 15.6. The Morgan fingerprint density at radius 3 is 2.38 bits per heavy atom. The number of rotatable bonds is 8. The molecule has 0 spiro atoms. The first-order valence-corrected chi connectivity index (χ1v) is 15.6. The summed E-state index contributed by atoms with van der Waals surface area (Å²) in [4.78, 5) is 4.72. The molecule has 0 aliphatic heterocycles. The smallest absolute Gasteiger partial charge is 0.509 e. The molecule has 0 saturated heterocycles. The summed E-state index contributed by atoms with van der Waals surface area (Å²) in [5, 5.41) is 7.06. The van der Waals surface area contributed by atoms with E-state index in [-0.39, 0.29) is 21.1 Å². The summed E-state index contributed by atoms with van der Waals surface area (Å²) in [7, 11) is 1.69. The van der Waals surface area contributed by atoms with Crippen LogP contribution in [0.25, 0.3) is 44.4 Å². The normalized spacial score (nSPS) is 11.3. The Morgan fingerprint density at radius 1 is 0.830 bits per heavy atom. The zero-order valence-corrected chi connectivity index (χ0v) is 29.6. The molecule has 7 rings (SSSR count). The maximum absolute atomic E-state index is 6.58. The Hall–Kier alpha value is -4.67. The third-order valence-electron chi connectivity index (χ3n) is 8.32. The Kier molecular flexibility index (Phi) is 9.07. The third kappa shape index (κ3) is 6.23. The molecule has 0 N–H and O–H groups in total. The number of nitrogens with zero attached hydrogens (tertiary/aromatic N) is 4. The molecule has 3 heterocycles. The monoisotopic (exact) mass is 799 g/mol. The number of aryl methyl sites for hydroxylation is 2. The first kappa shape index (κ1) is 32.3. The maximum atomic E-state index is 6.58. The summed E-state index contributed by atoms with van der Waals surface area (Å²) in [6, 6.07) is 36.0. The van der Waals surface area contributed by atoms with Gasteiger partial charge >= 0.3 is 21.1 Å². The van der Waals surface area contributed by atoms with Gasteiger partial charge in [0.15, 0.2) is 0 Å². The molecule has 0 amide bonds. The SMILES string of the molecule is COc1ccc2c(c1)c1ccc(Oc3[c-]c(-n4nc(C)c(-c5ccccc5)c4C)cc(CC(C)C)c3)[c-]c1n2-c1cc(C)ccn1.[Pt+2]. The molecule has 0 atom stereocenters. The summed E-state index contributed by atoms with van der Waals surface area (Å²) < 4.78 is 16.3. The van der Waals surface area contributed by atoms with Gasteiger partial charge in [0.05, 0.1) is 12.8 Å². The summed E-state index contributed by atoms with van der Waals surface area (Å²) in [6.07, 6.45) is 2.74. The number of pyridine rings is 1. The van der Waals surface area contributed by atoms with E-state index in [4.69, 9.17) is 19.6 Å². The predicted octanol–water partition coefficient (Wildman–Crippen LogP) is 9.55. The fourth-order valence-corrected chi connectivity index (χ4v) is 6.33. The zero-order valence-electron chi connectivity index (χ0n) is 27.4. The van der Waals surface area contributed by atoms with Gasteiger partial charge in [0.2, 0.25) is 0 Å². The van der Waals surface area contributed by atoms with Crippen molar-refractivity contribution >= 4 is 21.8 Å². The number of hydrogen-bond donors (Lipinski definition) is 0. The minimum absolute atomic E-state index is 0. The first-order chi connectivity index (χ1) is 22.3. The molecule has 238 valence electrons. The van der Waals surface area contributed by atoms with Gasteiger partial charge in [0.1, 0.15) is 11.6 Å². The van der Waals surface area contributed by atoms with E-state index >= 15 is 0 Å². The molecular weight excluding hydrogens is 764 g/mol. The van der Waals surface area contributed by atoms with E-state index in [0.717, 1.165) is 73.6 Å². The quantitative estimate of drug-likeness (QED) is 0.144. The fraction of sp³-hybridized carbons (Fsp3) is 0.200. The van der Waals surface area contributed by atoms with E-state index in [1.807, 2.05) is 35.1 Å². The number of fused-ring (bicyclic) bond motifs is 3.